The highest BCUT2D eigenvalue weighted by Gasteiger charge is 2.19. The van der Waals surface area contributed by atoms with Gasteiger partial charge in [0.1, 0.15) is 14.5 Å². The van der Waals surface area contributed by atoms with Crippen molar-refractivity contribution < 1.29 is 12.8 Å². The van der Waals surface area contributed by atoms with Crippen LogP contribution >= 0.6 is 34.5 Å². The molecule has 3 nitrogen and oxygen atoms in total. The third kappa shape index (κ3) is 3.34. The van der Waals surface area contributed by atoms with Gasteiger partial charge in [-0.1, -0.05) is 47.5 Å². The quantitative estimate of drug-likeness (QED) is 0.657. The van der Waals surface area contributed by atoms with Gasteiger partial charge in [0.15, 0.2) is 0 Å². The van der Waals surface area contributed by atoms with Gasteiger partial charge in [0.05, 0.1) is 4.90 Å². The summed E-state index contributed by atoms with van der Waals surface area (Å²) in [5.74, 6) is -0.352. The van der Waals surface area contributed by atoms with Crippen LogP contribution in [0.2, 0.25) is 8.67 Å². The van der Waals surface area contributed by atoms with Crippen LogP contribution in [0, 0.1) is 5.82 Å². The molecular weight excluding hydrogens is 392 g/mol. The molecule has 124 valence electrons. The van der Waals surface area contributed by atoms with Crippen LogP contribution < -0.4 is 5.14 Å². The number of rotatable bonds is 3. The minimum absolute atomic E-state index is 0.00651. The maximum Gasteiger partial charge on any atom is 0.238 e. The van der Waals surface area contributed by atoms with E-state index in [9.17, 15) is 12.8 Å². The summed E-state index contributed by atoms with van der Waals surface area (Å²) >= 11 is 13.8. The molecule has 0 aliphatic heterocycles. The molecule has 8 heteroatoms. The summed E-state index contributed by atoms with van der Waals surface area (Å²) in [5, 5.41) is 5.11. The number of primary sulfonamides is 1. The lowest BCUT2D eigenvalue weighted by Crippen LogP contribution is -2.11. The van der Waals surface area contributed by atoms with Crippen molar-refractivity contribution in [3.05, 3.63) is 63.0 Å². The molecule has 0 aliphatic carbocycles. The molecule has 0 atom stereocenters. The third-order valence-corrected chi connectivity index (χ3v) is 5.96. The molecule has 0 radical (unpaired) electrons. The van der Waals surface area contributed by atoms with E-state index in [0.29, 0.717) is 25.4 Å². The molecule has 1 aromatic heterocycles. The highest BCUT2D eigenvalue weighted by Crippen LogP contribution is 2.48. The summed E-state index contributed by atoms with van der Waals surface area (Å²) < 4.78 is 36.8. The molecule has 0 saturated carbocycles. The number of hydrogen-bond acceptors (Lipinski definition) is 3. The Kier molecular flexibility index (Phi) is 4.68. The van der Waals surface area contributed by atoms with E-state index in [1.54, 1.807) is 24.3 Å². The Morgan fingerprint density at radius 2 is 1.25 bits per heavy atom. The molecule has 24 heavy (non-hydrogen) atoms. The van der Waals surface area contributed by atoms with Crippen molar-refractivity contribution in [3.8, 4) is 22.3 Å². The molecular formula is C16H10Cl2FNO2S2. The van der Waals surface area contributed by atoms with Crippen molar-refractivity contribution in [1.82, 2.24) is 0 Å². The Bertz CT molecular complexity index is 998. The topological polar surface area (TPSA) is 60.2 Å². The summed E-state index contributed by atoms with van der Waals surface area (Å²) in [5.41, 5.74) is 2.75. The second kappa shape index (κ2) is 6.46. The molecule has 3 aromatic rings. The van der Waals surface area contributed by atoms with E-state index in [1.807, 2.05) is 0 Å². The number of halogens is 3. The second-order valence-corrected chi connectivity index (χ2v) is 8.76. The third-order valence-electron chi connectivity index (χ3n) is 3.43. The lowest BCUT2D eigenvalue weighted by molar-refractivity contribution is 0.598. The zero-order chi connectivity index (χ0) is 17.5. The van der Waals surface area contributed by atoms with Gasteiger partial charge in [0, 0.05) is 11.1 Å². The Balaban J connectivity index is 2.17. The number of nitrogens with two attached hydrogens (primary N) is 1. The van der Waals surface area contributed by atoms with E-state index in [2.05, 4.69) is 0 Å². The van der Waals surface area contributed by atoms with Gasteiger partial charge in [-0.25, -0.2) is 17.9 Å². The molecule has 3 rings (SSSR count). The number of hydrogen-bond donors (Lipinski definition) is 1. The molecule has 0 spiro atoms. The molecule has 0 aliphatic rings. The summed E-state index contributed by atoms with van der Waals surface area (Å²) in [6.45, 7) is 0. The summed E-state index contributed by atoms with van der Waals surface area (Å²) in [4.78, 5) is 0.00651. The van der Waals surface area contributed by atoms with Gasteiger partial charge < -0.3 is 0 Å². The Hall–Kier alpha value is -1.44. The van der Waals surface area contributed by atoms with Gasteiger partial charge in [-0.2, -0.15) is 0 Å². The van der Waals surface area contributed by atoms with Gasteiger partial charge >= 0.3 is 0 Å². The van der Waals surface area contributed by atoms with Crippen molar-refractivity contribution in [2.24, 2.45) is 5.14 Å². The van der Waals surface area contributed by atoms with Crippen molar-refractivity contribution in [1.29, 1.82) is 0 Å². The Morgan fingerprint density at radius 3 is 1.67 bits per heavy atom. The first kappa shape index (κ1) is 17.4. The fourth-order valence-corrected chi connectivity index (χ4v) is 4.63. The maximum absolute atomic E-state index is 13.2. The predicted molar refractivity (Wildman–Crippen MR) is 96.5 cm³/mol. The molecule has 0 amide bonds. The van der Waals surface area contributed by atoms with Gasteiger partial charge in [0.25, 0.3) is 0 Å². The van der Waals surface area contributed by atoms with E-state index >= 15 is 0 Å². The van der Waals surface area contributed by atoms with E-state index in [4.69, 9.17) is 28.3 Å². The van der Waals surface area contributed by atoms with E-state index in [-0.39, 0.29) is 10.7 Å². The van der Waals surface area contributed by atoms with Gasteiger partial charge in [-0.05, 0) is 35.4 Å². The van der Waals surface area contributed by atoms with Crippen LogP contribution in [0.5, 0.6) is 0 Å². The monoisotopic (exact) mass is 401 g/mol. The minimum Gasteiger partial charge on any atom is -0.225 e. The van der Waals surface area contributed by atoms with Crippen LogP contribution in [0.1, 0.15) is 0 Å². The average molecular weight is 402 g/mol. The molecule has 2 N–H and O–H groups in total. The molecule has 0 saturated heterocycles. The van der Waals surface area contributed by atoms with Crippen LogP contribution in [0.15, 0.2) is 53.4 Å². The molecule has 1 heterocycles. The Labute approximate surface area is 152 Å². The SMILES string of the molecule is NS(=O)(=O)c1ccc(-c2c(Cl)sc(Cl)c2-c2ccc(F)cc2)cc1. The van der Waals surface area contributed by atoms with Crippen LogP contribution in [0.4, 0.5) is 4.39 Å². The minimum atomic E-state index is -3.77. The first-order valence-corrected chi connectivity index (χ1v) is 9.76. The van der Waals surface area contributed by atoms with Crippen LogP contribution in [-0.4, -0.2) is 8.42 Å². The lowest BCUT2D eigenvalue weighted by atomic mass is 9.99. The smallest absolute Gasteiger partial charge is 0.225 e. The molecule has 0 bridgehead atoms. The lowest BCUT2D eigenvalue weighted by Gasteiger charge is -2.07. The number of sulfonamides is 1. The first-order valence-electron chi connectivity index (χ1n) is 6.64. The van der Waals surface area contributed by atoms with Crippen molar-refractivity contribution in [3.63, 3.8) is 0 Å². The first-order chi connectivity index (χ1) is 11.3. The highest BCUT2D eigenvalue weighted by molar-refractivity contribution is 7.89. The van der Waals surface area contributed by atoms with Crippen molar-refractivity contribution in [2.45, 2.75) is 4.90 Å². The van der Waals surface area contributed by atoms with E-state index in [0.717, 1.165) is 5.56 Å². The molecule has 2 aromatic carbocycles. The van der Waals surface area contributed by atoms with E-state index in [1.165, 1.54) is 35.6 Å². The summed E-state index contributed by atoms with van der Waals surface area (Å²) in [6.07, 6.45) is 0. The molecule has 0 unspecified atom stereocenters. The van der Waals surface area contributed by atoms with Crippen molar-refractivity contribution >= 4 is 44.6 Å². The van der Waals surface area contributed by atoms with Crippen LogP contribution in [0.3, 0.4) is 0 Å². The standard InChI is InChI=1S/C16H10Cl2FNO2S2/c17-15-13(9-1-5-11(19)6-2-9)14(16(18)23-15)10-3-7-12(8-4-10)24(20,21)22/h1-8H,(H2,20,21,22). The van der Waals surface area contributed by atoms with Crippen LogP contribution in [-0.2, 0) is 10.0 Å². The maximum atomic E-state index is 13.2. The fourth-order valence-electron chi connectivity index (χ4n) is 2.32. The summed E-state index contributed by atoms with van der Waals surface area (Å²) in [7, 11) is -3.77. The summed E-state index contributed by atoms with van der Waals surface area (Å²) in [6, 6.07) is 11.9. The normalized spacial score (nSPS) is 11.7. The zero-order valence-electron chi connectivity index (χ0n) is 12.0. The van der Waals surface area contributed by atoms with Crippen LogP contribution in [0.25, 0.3) is 22.3 Å². The average Bonchev–Trinajstić information content (AvgIpc) is 2.82. The Morgan fingerprint density at radius 1 is 0.833 bits per heavy atom. The predicted octanol–water partition coefficient (Wildman–Crippen LogP) is 5.18. The van der Waals surface area contributed by atoms with Gasteiger partial charge in [0.2, 0.25) is 10.0 Å². The largest absolute Gasteiger partial charge is 0.238 e. The highest BCUT2D eigenvalue weighted by atomic mass is 35.5. The number of thiophene rings is 1. The van der Waals surface area contributed by atoms with E-state index < -0.39 is 10.0 Å². The van der Waals surface area contributed by atoms with Gasteiger partial charge in [-0.15, -0.1) is 11.3 Å². The van der Waals surface area contributed by atoms with Crippen molar-refractivity contribution in [2.75, 3.05) is 0 Å². The number of benzene rings is 2. The fraction of sp³-hybridized carbons (Fsp3) is 0. The molecule has 0 fully saturated rings. The zero-order valence-corrected chi connectivity index (χ0v) is 15.1. The van der Waals surface area contributed by atoms with Gasteiger partial charge in [-0.3, -0.25) is 0 Å². The second-order valence-electron chi connectivity index (χ2n) is 4.98.